The number of benzene rings is 2. The van der Waals surface area contributed by atoms with Crippen LogP contribution in [-0.4, -0.2) is 60.5 Å². The summed E-state index contributed by atoms with van der Waals surface area (Å²) in [7, 11) is 2.18. The number of nitrogens with two attached hydrogens (primary N) is 1. The van der Waals surface area contributed by atoms with Gasteiger partial charge in [0.1, 0.15) is 6.04 Å². The minimum atomic E-state index is -0.830. The van der Waals surface area contributed by atoms with Crippen LogP contribution in [0.5, 0.6) is 0 Å². The summed E-state index contributed by atoms with van der Waals surface area (Å²) < 4.78 is 0. The van der Waals surface area contributed by atoms with Crippen LogP contribution >= 0.6 is 0 Å². The molecular formula is C30H39N5O. The third-order valence-electron chi connectivity index (χ3n) is 8.76. The lowest BCUT2D eigenvalue weighted by Crippen LogP contribution is -2.58. The number of carbonyl (C=O) groups is 1. The van der Waals surface area contributed by atoms with E-state index in [1.807, 2.05) is 0 Å². The second-order valence-corrected chi connectivity index (χ2v) is 11.5. The zero-order valence-electron chi connectivity index (χ0n) is 21.5. The van der Waals surface area contributed by atoms with Crippen LogP contribution in [0.1, 0.15) is 49.7 Å². The standard InChI is InChI=1S/C30H39N5O/c1-34-16-18-35(19-17-34)22-24-4-8-26(9-5-24)25-6-2-23(3-7-25)20-27(21-31)33-28(36)30(32)14-12-29(10-11-29)13-15-30/h2-9,27H,10-20,22,32H2,1H3,(H,33,36). The van der Waals surface area contributed by atoms with Crippen molar-refractivity contribution in [1.29, 1.82) is 5.26 Å². The van der Waals surface area contributed by atoms with Gasteiger partial charge in [0.25, 0.3) is 0 Å². The summed E-state index contributed by atoms with van der Waals surface area (Å²) in [5.74, 6) is -0.169. The van der Waals surface area contributed by atoms with Gasteiger partial charge in [0.05, 0.1) is 11.6 Å². The smallest absolute Gasteiger partial charge is 0.241 e. The molecular weight excluding hydrogens is 446 g/mol. The fourth-order valence-corrected chi connectivity index (χ4v) is 5.70. The van der Waals surface area contributed by atoms with E-state index in [0.717, 1.165) is 69.5 Å². The molecule has 1 heterocycles. The lowest BCUT2D eigenvalue weighted by Gasteiger charge is -2.36. The van der Waals surface area contributed by atoms with Crippen LogP contribution in [0.3, 0.4) is 0 Å². The molecule has 2 saturated carbocycles. The van der Waals surface area contributed by atoms with Crippen molar-refractivity contribution in [3.05, 3.63) is 59.7 Å². The van der Waals surface area contributed by atoms with Crippen LogP contribution < -0.4 is 11.1 Å². The monoisotopic (exact) mass is 485 g/mol. The van der Waals surface area contributed by atoms with Crippen LogP contribution in [0.25, 0.3) is 11.1 Å². The molecule has 1 spiro atoms. The molecule has 2 aromatic carbocycles. The zero-order valence-corrected chi connectivity index (χ0v) is 21.5. The van der Waals surface area contributed by atoms with E-state index in [1.165, 1.54) is 24.0 Å². The highest BCUT2D eigenvalue weighted by atomic mass is 16.2. The van der Waals surface area contributed by atoms with Gasteiger partial charge in [0.2, 0.25) is 5.91 Å². The van der Waals surface area contributed by atoms with E-state index < -0.39 is 11.6 Å². The maximum absolute atomic E-state index is 12.9. The van der Waals surface area contributed by atoms with Crippen molar-refractivity contribution in [2.24, 2.45) is 11.1 Å². The molecule has 6 heteroatoms. The zero-order chi connectivity index (χ0) is 25.2. The molecule has 1 saturated heterocycles. The molecule has 190 valence electrons. The first kappa shape index (κ1) is 25.0. The molecule has 0 bridgehead atoms. The number of nitrogens with zero attached hydrogens (tertiary/aromatic N) is 3. The number of amides is 1. The summed E-state index contributed by atoms with van der Waals surface area (Å²) in [5, 5.41) is 12.6. The van der Waals surface area contributed by atoms with Crippen LogP contribution in [0.15, 0.2) is 48.5 Å². The topological polar surface area (TPSA) is 85.4 Å². The first-order valence-electron chi connectivity index (χ1n) is 13.5. The predicted molar refractivity (Wildman–Crippen MR) is 143 cm³/mol. The molecule has 1 amide bonds. The summed E-state index contributed by atoms with van der Waals surface area (Å²) in [4.78, 5) is 17.8. The van der Waals surface area contributed by atoms with Crippen molar-refractivity contribution in [2.75, 3.05) is 33.2 Å². The molecule has 3 fully saturated rings. The van der Waals surface area contributed by atoms with Gasteiger partial charge >= 0.3 is 0 Å². The summed E-state index contributed by atoms with van der Waals surface area (Å²) >= 11 is 0. The highest BCUT2D eigenvalue weighted by Gasteiger charge is 2.50. The first-order valence-corrected chi connectivity index (χ1v) is 13.5. The molecule has 5 rings (SSSR count). The Bertz CT molecular complexity index is 1080. The Balaban J connectivity index is 1.14. The van der Waals surface area contributed by atoms with Gasteiger partial charge in [-0.05, 0) is 73.2 Å². The van der Waals surface area contributed by atoms with E-state index in [1.54, 1.807) is 0 Å². The van der Waals surface area contributed by atoms with E-state index >= 15 is 0 Å². The average Bonchev–Trinajstić information content (AvgIpc) is 3.67. The highest BCUT2D eigenvalue weighted by molar-refractivity contribution is 5.86. The van der Waals surface area contributed by atoms with Crippen molar-refractivity contribution in [3.8, 4) is 17.2 Å². The van der Waals surface area contributed by atoms with Gasteiger partial charge in [-0.2, -0.15) is 5.26 Å². The van der Waals surface area contributed by atoms with Crippen molar-refractivity contribution in [1.82, 2.24) is 15.1 Å². The van der Waals surface area contributed by atoms with E-state index in [9.17, 15) is 10.1 Å². The number of hydrogen-bond acceptors (Lipinski definition) is 5. The molecule has 3 aliphatic rings. The summed E-state index contributed by atoms with van der Waals surface area (Å²) in [6.07, 6.45) is 6.55. The number of nitrogens with one attached hydrogen (secondary N) is 1. The van der Waals surface area contributed by atoms with Gasteiger partial charge in [-0.1, -0.05) is 48.5 Å². The van der Waals surface area contributed by atoms with Crippen LogP contribution in [0, 0.1) is 16.7 Å². The van der Waals surface area contributed by atoms with E-state index in [0.29, 0.717) is 11.8 Å². The fraction of sp³-hybridized carbons (Fsp3) is 0.533. The fourth-order valence-electron chi connectivity index (χ4n) is 5.70. The molecule has 0 aromatic heterocycles. The Kier molecular flexibility index (Phi) is 7.16. The van der Waals surface area contributed by atoms with Gasteiger partial charge in [-0.15, -0.1) is 0 Å². The second kappa shape index (κ2) is 10.3. The quantitative estimate of drug-likeness (QED) is 0.625. The minimum Gasteiger partial charge on any atom is -0.338 e. The second-order valence-electron chi connectivity index (χ2n) is 11.5. The molecule has 3 N–H and O–H groups in total. The van der Waals surface area contributed by atoms with Crippen molar-refractivity contribution >= 4 is 5.91 Å². The number of rotatable bonds is 7. The number of likely N-dealkylation sites (N-methyl/N-ethyl adjacent to an activating group) is 1. The number of carbonyl (C=O) groups excluding carboxylic acids is 1. The maximum atomic E-state index is 12.9. The van der Waals surface area contributed by atoms with E-state index in [4.69, 9.17) is 5.73 Å². The third kappa shape index (κ3) is 5.81. The van der Waals surface area contributed by atoms with Crippen LogP contribution in [0.2, 0.25) is 0 Å². The van der Waals surface area contributed by atoms with Gasteiger partial charge < -0.3 is 16.0 Å². The lowest BCUT2D eigenvalue weighted by atomic mass is 9.74. The normalized spacial score (nSPS) is 22.0. The van der Waals surface area contributed by atoms with Gasteiger partial charge in [0.15, 0.2) is 0 Å². The first-order chi connectivity index (χ1) is 17.4. The molecule has 1 aliphatic heterocycles. The Labute approximate surface area is 215 Å². The number of piperazine rings is 1. The number of nitriles is 1. The summed E-state index contributed by atoms with van der Waals surface area (Å²) in [5.41, 5.74) is 10.8. The van der Waals surface area contributed by atoms with E-state index in [-0.39, 0.29) is 5.91 Å². The Morgan fingerprint density at radius 3 is 1.97 bits per heavy atom. The SMILES string of the molecule is CN1CCN(Cc2ccc(-c3ccc(CC(C#N)NC(=O)C4(N)CCC5(CC5)CC4)cc3)cc2)CC1. The maximum Gasteiger partial charge on any atom is 0.241 e. The molecule has 2 aliphatic carbocycles. The van der Waals surface area contributed by atoms with Gasteiger partial charge in [0, 0.05) is 39.1 Å². The molecule has 2 aromatic rings. The van der Waals surface area contributed by atoms with Crippen molar-refractivity contribution in [2.45, 2.75) is 63.1 Å². The average molecular weight is 486 g/mol. The van der Waals surface area contributed by atoms with Gasteiger partial charge in [-0.25, -0.2) is 0 Å². The largest absolute Gasteiger partial charge is 0.338 e. The van der Waals surface area contributed by atoms with Crippen molar-refractivity contribution in [3.63, 3.8) is 0 Å². The predicted octanol–water partition coefficient (Wildman–Crippen LogP) is 3.70. The van der Waals surface area contributed by atoms with Crippen LogP contribution in [-0.2, 0) is 17.8 Å². The lowest BCUT2D eigenvalue weighted by molar-refractivity contribution is -0.128. The molecule has 1 atom stereocenters. The molecule has 36 heavy (non-hydrogen) atoms. The van der Waals surface area contributed by atoms with Crippen LogP contribution in [0.4, 0.5) is 0 Å². The molecule has 0 radical (unpaired) electrons. The molecule has 1 unspecified atom stereocenters. The minimum absolute atomic E-state index is 0.169. The third-order valence-corrected chi connectivity index (χ3v) is 8.76. The summed E-state index contributed by atoms with van der Waals surface area (Å²) in [6, 6.07) is 18.8. The van der Waals surface area contributed by atoms with E-state index in [2.05, 4.69) is 76.8 Å². The Morgan fingerprint density at radius 2 is 1.44 bits per heavy atom. The highest BCUT2D eigenvalue weighted by Crippen LogP contribution is 2.57. The Hall–Kier alpha value is -2.72. The summed E-state index contributed by atoms with van der Waals surface area (Å²) in [6.45, 7) is 5.51. The Morgan fingerprint density at radius 1 is 0.917 bits per heavy atom. The van der Waals surface area contributed by atoms with Gasteiger partial charge in [-0.3, -0.25) is 9.69 Å². The number of hydrogen-bond donors (Lipinski definition) is 2. The van der Waals surface area contributed by atoms with Crippen molar-refractivity contribution < 1.29 is 4.79 Å². The molecule has 6 nitrogen and oxygen atoms in total.